The van der Waals surface area contributed by atoms with E-state index in [1.807, 2.05) is 6.07 Å². The third kappa shape index (κ3) is 2.10. The minimum Gasteiger partial charge on any atom is -0.450 e. The normalized spacial score (nSPS) is 28.1. The van der Waals surface area contributed by atoms with Gasteiger partial charge in [0.15, 0.2) is 3.77 Å². The van der Waals surface area contributed by atoms with E-state index in [0.29, 0.717) is 17.2 Å². The Labute approximate surface area is 129 Å². The predicted molar refractivity (Wildman–Crippen MR) is 82.5 cm³/mol. The molecule has 4 heterocycles. The lowest BCUT2D eigenvalue weighted by Gasteiger charge is -2.22. The highest BCUT2D eigenvalue weighted by molar-refractivity contribution is 14.1. The number of hydrogen-bond donors (Lipinski definition) is 1. The number of carbonyl (C=O) groups is 1. The number of amides is 1. The average Bonchev–Trinajstić information content (AvgIpc) is 3.10. The SMILES string of the molecule is O=C(NC1CN2CC[C@H]1C2)c1cc2oc(I)cc2cn1. The van der Waals surface area contributed by atoms with Gasteiger partial charge in [0.25, 0.3) is 5.91 Å². The third-order valence-electron chi connectivity index (χ3n) is 4.25. The molecule has 6 heteroatoms. The topological polar surface area (TPSA) is 58.4 Å². The monoisotopic (exact) mass is 383 g/mol. The summed E-state index contributed by atoms with van der Waals surface area (Å²) in [7, 11) is 0. The highest BCUT2D eigenvalue weighted by Crippen LogP contribution is 2.28. The van der Waals surface area contributed by atoms with Crippen molar-refractivity contribution >= 4 is 39.5 Å². The van der Waals surface area contributed by atoms with E-state index in [1.165, 1.54) is 13.0 Å². The fourth-order valence-electron chi connectivity index (χ4n) is 3.22. The molecule has 1 amide bonds. The van der Waals surface area contributed by atoms with Crippen molar-refractivity contribution in [3.05, 3.63) is 27.8 Å². The molecule has 2 aromatic heterocycles. The van der Waals surface area contributed by atoms with Crippen molar-refractivity contribution in [1.82, 2.24) is 15.2 Å². The van der Waals surface area contributed by atoms with Crippen molar-refractivity contribution in [2.45, 2.75) is 12.5 Å². The maximum atomic E-state index is 12.3. The Morgan fingerprint density at radius 2 is 2.35 bits per heavy atom. The van der Waals surface area contributed by atoms with Crippen molar-refractivity contribution in [3.63, 3.8) is 0 Å². The zero-order valence-electron chi connectivity index (χ0n) is 10.8. The van der Waals surface area contributed by atoms with Crippen LogP contribution in [0.5, 0.6) is 0 Å². The van der Waals surface area contributed by atoms with Gasteiger partial charge in [-0.1, -0.05) is 0 Å². The number of rotatable bonds is 2. The molecule has 0 radical (unpaired) electrons. The van der Waals surface area contributed by atoms with Gasteiger partial charge in [-0.3, -0.25) is 9.78 Å². The number of halogens is 1. The summed E-state index contributed by atoms with van der Waals surface area (Å²) < 4.78 is 6.34. The summed E-state index contributed by atoms with van der Waals surface area (Å²) in [5.74, 6) is 0.504. The Kier molecular flexibility index (Phi) is 2.95. The first-order valence-corrected chi connectivity index (χ1v) is 7.85. The maximum absolute atomic E-state index is 12.3. The highest BCUT2D eigenvalue weighted by Gasteiger charge is 2.38. The number of pyridine rings is 1. The summed E-state index contributed by atoms with van der Waals surface area (Å²) in [5.41, 5.74) is 1.15. The second kappa shape index (κ2) is 4.70. The molecule has 104 valence electrons. The number of nitrogens with zero attached hydrogens (tertiary/aromatic N) is 2. The molecule has 0 saturated carbocycles. The van der Waals surface area contributed by atoms with E-state index in [2.05, 4.69) is 37.8 Å². The first-order valence-electron chi connectivity index (χ1n) is 6.77. The van der Waals surface area contributed by atoms with Gasteiger partial charge in [-0.25, -0.2) is 0 Å². The molecule has 2 saturated heterocycles. The first-order chi connectivity index (χ1) is 9.69. The first kappa shape index (κ1) is 12.6. The molecule has 0 spiro atoms. The van der Waals surface area contributed by atoms with Gasteiger partial charge in [0.2, 0.25) is 0 Å². The van der Waals surface area contributed by atoms with E-state index in [0.717, 1.165) is 22.2 Å². The van der Waals surface area contributed by atoms with Gasteiger partial charge in [-0.15, -0.1) is 0 Å². The summed E-state index contributed by atoms with van der Waals surface area (Å²) >= 11 is 2.11. The van der Waals surface area contributed by atoms with Gasteiger partial charge in [0.1, 0.15) is 11.3 Å². The highest BCUT2D eigenvalue weighted by atomic mass is 127. The number of furan rings is 1. The van der Waals surface area contributed by atoms with E-state index in [9.17, 15) is 4.79 Å². The number of piperidine rings is 1. The second-order valence-corrected chi connectivity index (χ2v) is 6.61. The minimum absolute atomic E-state index is 0.0999. The zero-order valence-corrected chi connectivity index (χ0v) is 13.0. The molecular formula is C14H14IN3O2. The smallest absolute Gasteiger partial charge is 0.270 e. The van der Waals surface area contributed by atoms with Gasteiger partial charge >= 0.3 is 0 Å². The van der Waals surface area contributed by atoms with Crippen LogP contribution in [0.1, 0.15) is 16.9 Å². The van der Waals surface area contributed by atoms with Gasteiger partial charge in [0, 0.05) is 36.8 Å². The van der Waals surface area contributed by atoms with Crippen molar-refractivity contribution < 1.29 is 9.21 Å². The number of nitrogens with one attached hydrogen (secondary N) is 1. The lowest BCUT2D eigenvalue weighted by Crippen LogP contribution is -2.43. The summed E-state index contributed by atoms with van der Waals surface area (Å²) in [4.78, 5) is 18.9. The Morgan fingerprint density at radius 3 is 3.10 bits per heavy atom. The Hall–Kier alpha value is -1.15. The van der Waals surface area contributed by atoms with E-state index in [-0.39, 0.29) is 11.9 Å². The van der Waals surface area contributed by atoms with E-state index in [1.54, 1.807) is 12.3 Å². The van der Waals surface area contributed by atoms with E-state index >= 15 is 0 Å². The lowest BCUT2D eigenvalue weighted by atomic mass is 10.00. The molecule has 2 aliphatic rings. The molecule has 2 aromatic rings. The number of carbonyl (C=O) groups excluding carboxylic acids is 1. The van der Waals surface area contributed by atoms with Crippen molar-refractivity contribution in [2.75, 3.05) is 19.6 Å². The molecule has 2 fully saturated rings. The predicted octanol–water partition coefficient (Wildman–Crippen LogP) is 1.87. The fraction of sp³-hybridized carbons (Fsp3) is 0.429. The van der Waals surface area contributed by atoms with Crippen LogP contribution in [0.15, 0.2) is 22.7 Å². The quantitative estimate of drug-likeness (QED) is 0.805. The average molecular weight is 383 g/mol. The van der Waals surface area contributed by atoms with E-state index < -0.39 is 0 Å². The van der Waals surface area contributed by atoms with Gasteiger partial charge in [0.05, 0.1) is 0 Å². The summed E-state index contributed by atoms with van der Waals surface area (Å²) in [5, 5.41) is 4.04. The Bertz CT molecular complexity index is 684. The summed E-state index contributed by atoms with van der Waals surface area (Å²) in [6, 6.07) is 3.90. The van der Waals surface area contributed by atoms with Crippen LogP contribution >= 0.6 is 22.6 Å². The largest absolute Gasteiger partial charge is 0.450 e. The number of hydrogen-bond acceptors (Lipinski definition) is 4. The van der Waals surface area contributed by atoms with Crippen molar-refractivity contribution in [2.24, 2.45) is 5.92 Å². The summed E-state index contributed by atoms with van der Waals surface area (Å²) in [6.07, 6.45) is 2.88. The van der Waals surface area contributed by atoms with Gasteiger partial charge < -0.3 is 14.6 Å². The van der Waals surface area contributed by atoms with Crippen LogP contribution in [0.2, 0.25) is 0 Å². The maximum Gasteiger partial charge on any atom is 0.270 e. The Morgan fingerprint density at radius 1 is 1.45 bits per heavy atom. The Balaban J connectivity index is 1.54. The number of fused-ring (bicyclic) bond motifs is 3. The zero-order chi connectivity index (χ0) is 13.7. The van der Waals surface area contributed by atoms with Crippen LogP contribution in [0.3, 0.4) is 0 Å². The molecule has 0 aromatic carbocycles. The molecule has 5 nitrogen and oxygen atoms in total. The van der Waals surface area contributed by atoms with Crippen LogP contribution in [0.4, 0.5) is 0 Å². The molecule has 2 aliphatic heterocycles. The minimum atomic E-state index is -0.0999. The van der Waals surface area contributed by atoms with Gasteiger partial charge in [-0.2, -0.15) is 0 Å². The molecule has 2 bridgehead atoms. The standard InChI is InChI=1S/C14H14IN3O2/c15-13-3-9-5-16-10(4-12(9)20-13)14(19)17-11-7-18-2-1-8(11)6-18/h3-5,8,11H,1-2,6-7H2,(H,17,19)/t8-,11?/m0/s1. The fourth-order valence-corrected chi connectivity index (χ4v) is 3.79. The van der Waals surface area contributed by atoms with Crippen molar-refractivity contribution in [3.8, 4) is 0 Å². The lowest BCUT2D eigenvalue weighted by molar-refractivity contribution is 0.0919. The molecule has 3 atom stereocenters. The van der Waals surface area contributed by atoms with Crippen LogP contribution in [0, 0.1) is 9.68 Å². The molecule has 4 rings (SSSR count). The second-order valence-electron chi connectivity index (χ2n) is 5.55. The molecule has 20 heavy (non-hydrogen) atoms. The third-order valence-corrected chi connectivity index (χ3v) is 4.78. The van der Waals surface area contributed by atoms with Crippen LogP contribution in [-0.2, 0) is 0 Å². The van der Waals surface area contributed by atoms with Gasteiger partial charge in [-0.05, 0) is 47.5 Å². The molecule has 1 N–H and O–H groups in total. The molecular weight excluding hydrogens is 369 g/mol. The van der Waals surface area contributed by atoms with Crippen LogP contribution in [0.25, 0.3) is 11.0 Å². The number of aromatic nitrogens is 1. The molecule has 2 unspecified atom stereocenters. The van der Waals surface area contributed by atoms with E-state index in [4.69, 9.17) is 4.42 Å². The van der Waals surface area contributed by atoms with Crippen molar-refractivity contribution in [1.29, 1.82) is 0 Å². The van der Waals surface area contributed by atoms with Crippen LogP contribution in [-0.4, -0.2) is 41.5 Å². The molecule has 0 aliphatic carbocycles. The van der Waals surface area contributed by atoms with Crippen LogP contribution < -0.4 is 5.32 Å². The summed E-state index contributed by atoms with van der Waals surface area (Å²) in [6.45, 7) is 3.26.